The second-order valence-electron chi connectivity index (χ2n) is 7.95. The Labute approximate surface area is 194 Å². The fourth-order valence-electron chi connectivity index (χ4n) is 3.45. The van der Waals surface area contributed by atoms with Crippen molar-refractivity contribution in [3.8, 4) is 0 Å². The van der Waals surface area contributed by atoms with Crippen molar-refractivity contribution < 1.29 is 28.2 Å². The van der Waals surface area contributed by atoms with Crippen LogP contribution in [0, 0.1) is 18.6 Å². The molecule has 0 unspecified atom stereocenters. The summed E-state index contributed by atoms with van der Waals surface area (Å²) in [6.07, 6.45) is -0.171. The predicted molar refractivity (Wildman–Crippen MR) is 123 cm³/mol. The number of hydrogen-bond donors (Lipinski definition) is 2. The van der Waals surface area contributed by atoms with E-state index >= 15 is 0 Å². The number of rotatable bonds is 8. The molecule has 6 nitrogen and oxygen atoms in total. The lowest BCUT2D eigenvalue weighted by atomic mass is 10.1. The van der Waals surface area contributed by atoms with Crippen molar-refractivity contribution in [3.05, 3.63) is 64.9 Å². The molecule has 3 aromatic rings. The molecule has 0 fully saturated rings. The van der Waals surface area contributed by atoms with Gasteiger partial charge in [-0.3, -0.25) is 9.59 Å². The first-order valence-corrected chi connectivity index (χ1v) is 11.4. The summed E-state index contributed by atoms with van der Waals surface area (Å²) in [4.78, 5) is 25.4. The van der Waals surface area contributed by atoms with Crippen molar-refractivity contribution in [3.63, 3.8) is 0 Å². The first-order valence-electron chi connectivity index (χ1n) is 10.4. The largest absolute Gasteiger partial charge is 0.462 e. The van der Waals surface area contributed by atoms with Crippen LogP contribution in [0.2, 0.25) is 0 Å². The molecule has 1 heterocycles. The number of carbonyl (C=O) groups excluding carboxylic acids is 2. The van der Waals surface area contributed by atoms with Gasteiger partial charge in [-0.1, -0.05) is 12.1 Å². The number of hydrogen-bond acceptors (Lipinski definition) is 5. The SMILES string of the molecule is Cc1cc2c(cc(C(=O)N[C@H](CO)c3ccc(SCC(=O)OC(C)C)cc3)n2C)c(F)c1F. The van der Waals surface area contributed by atoms with E-state index in [1.807, 2.05) is 0 Å². The first-order chi connectivity index (χ1) is 15.6. The monoisotopic (exact) mass is 476 g/mol. The van der Waals surface area contributed by atoms with Crippen LogP contribution in [0.4, 0.5) is 8.78 Å². The molecule has 0 aliphatic heterocycles. The number of nitrogens with zero attached hydrogens (tertiary/aromatic N) is 1. The standard InChI is InChI=1S/C24H26F2N2O4S/c1-13(2)32-21(30)12-33-16-7-5-15(6-8-16)18(11-29)27-24(31)20-10-17-19(28(20)4)9-14(3)22(25)23(17)26/h5-10,13,18,29H,11-12H2,1-4H3,(H,27,31)/t18-/m1/s1. The normalized spacial score (nSPS) is 12.2. The Bertz CT molecular complexity index is 1180. The second kappa shape index (κ2) is 10.4. The average Bonchev–Trinajstić information content (AvgIpc) is 3.11. The number of halogens is 2. The highest BCUT2D eigenvalue weighted by molar-refractivity contribution is 8.00. The van der Waals surface area contributed by atoms with E-state index in [9.17, 15) is 23.5 Å². The lowest BCUT2D eigenvalue weighted by molar-refractivity contribution is -0.144. The summed E-state index contributed by atoms with van der Waals surface area (Å²) < 4.78 is 34.9. The van der Waals surface area contributed by atoms with Gasteiger partial charge in [-0.25, -0.2) is 8.78 Å². The molecule has 33 heavy (non-hydrogen) atoms. The second-order valence-corrected chi connectivity index (χ2v) is 9.00. The van der Waals surface area contributed by atoms with Gasteiger partial charge >= 0.3 is 5.97 Å². The van der Waals surface area contributed by atoms with Crippen LogP contribution in [0.1, 0.15) is 41.5 Å². The smallest absolute Gasteiger partial charge is 0.316 e. The van der Waals surface area contributed by atoms with Gasteiger partial charge < -0.3 is 19.7 Å². The van der Waals surface area contributed by atoms with E-state index in [4.69, 9.17) is 4.74 Å². The van der Waals surface area contributed by atoms with Crippen LogP contribution in [0.25, 0.3) is 10.9 Å². The first kappa shape index (κ1) is 24.7. The molecular formula is C24H26F2N2O4S. The molecule has 3 rings (SSSR count). The quantitative estimate of drug-likeness (QED) is 0.375. The van der Waals surface area contributed by atoms with E-state index in [2.05, 4.69) is 5.32 Å². The molecule has 0 spiro atoms. The number of nitrogens with one attached hydrogen (secondary N) is 1. The minimum absolute atomic E-state index is 0.0173. The van der Waals surface area contributed by atoms with Crippen LogP contribution in [-0.4, -0.2) is 40.0 Å². The maximum Gasteiger partial charge on any atom is 0.316 e. The number of aliphatic hydroxyl groups is 1. The zero-order chi connectivity index (χ0) is 24.3. The number of esters is 1. The van der Waals surface area contributed by atoms with Gasteiger partial charge in [0.1, 0.15) is 5.69 Å². The van der Waals surface area contributed by atoms with Crippen molar-refractivity contribution in [1.82, 2.24) is 9.88 Å². The topological polar surface area (TPSA) is 80.6 Å². The summed E-state index contributed by atoms with van der Waals surface area (Å²) in [6.45, 7) is 4.68. The number of carbonyl (C=O) groups is 2. The lowest BCUT2D eigenvalue weighted by Crippen LogP contribution is -2.31. The van der Waals surface area contributed by atoms with E-state index in [1.54, 1.807) is 45.2 Å². The molecule has 0 bridgehead atoms. The molecule has 1 amide bonds. The van der Waals surface area contributed by atoms with E-state index in [1.165, 1.54) is 35.4 Å². The fourth-order valence-corrected chi connectivity index (χ4v) is 4.13. The molecule has 1 aromatic heterocycles. The Hall–Kier alpha value is -2.91. The van der Waals surface area contributed by atoms with Crippen LogP contribution >= 0.6 is 11.8 Å². The molecule has 0 aliphatic carbocycles. The molecule has 2 N–H and O–H groups in total. The van der Waals surface area contributed by atoms with Gasteiger partial charge in [0.05, 0.1) is 30.0 Å². The molecule has 0 saturated heterocycles. The number of aryl methyl sites for hydroxylation is 2. The number of fused-ring (bicyclic) bond motifs is 1. The van der Waals surface area contributed by atoms with Crippen molar-refractivity contribution in [2.75, 3.05) is 12.4 Å². The lowest BCUT2D eigenvalue weighted by Gasteiger charge is -2.17. The Kier molecular flexibility index (Phi) is 7.76. The van der Waals surface area contributed by atoms with Gasteiger partial charge in [-0.15, -0.1) is 11.8 Å². The Balaban J connectivity index is 1.73. The van der Waals surface area contributed by atoms with E-state index in [0.29, 0.717) is 11.1 Å². The molecule has 0 aliphatic rings. The number of aliphatic hydroxyl groups excluding tert-OH is 1. The molecule has 2 aromatic carbocycles. The maximum absolute atomic E-state index is 14.3. The molecule has 0 saturated carbocycles. The molecular weight excluding hydrogens is 450 g/mol. The number of ether oxygens (including phenoxy) is 1. The van der Waals surface area contributed by atoms with Crippen LogP contribution < -0.4 is 5.32 Å². The third-order valence-corrected chi connectivity index (χ3v) is 6.12. The van der Waals surface area contributed by atoms with Crippen LogP contribution in [-0.2, 0) is 16.6 Å². The highest BCUT2D eigenvalue weighted by Gasteiger charge is 2.22. The van der Waals surface area contributed by atoms with E-state index in [0.717, 1.165) is 4.90 Å². The Morgan fingerprint density at radius 3 is 2.42 bits per heavy atom. The van der Waals surface area contributed by atoms with Gasteiger partial charge in [-0.05, 0) is 56.2 Å². The number of thioether (sulfide) groups is 1. The summed E-state index contributed by atoms with van der Waals surface area (Å²) in [5.74, 6) is -2.59. The van der Waals surface area contributed by atoms with Crippen molar-refractivity contribution >= 4 is 34.5 Å². The summed E-state index contributed by atoms with van der Waals surface area (Å²) >= 11 is 1.32. The highest BCUT2D eigenvalue weighted by atomic mass is 32.2. The average molecular weight is 477 g/mol. The molecule has 0 radical (unpaired) electrons. The zero-order valence-corrected chi connectivity index (χ0v) is 19.6. The number of amides is 1. The third kappa shape index (κ3) is 5.54. The summed E-state index contributed by atoms with van der Waals surface area (Å²) in [7, 11) is 1.60. The van der Waals surface area contributed by atoms with Crippen LogP contribution in [0.5, 0.6) is 0 Å². The van der Waals surface area contributed by atoms with Crippen molar-refractivity contribution in [2.24, 2.45) is 7.05 Å². The Morgan fingerprint density at radius 2 is 1.82 bits per heavy atom. The number of aromatic nitrogens is 1. The molecule has 176 valence electrons. The minimum Gasteiger partial charge on any atom is -0.462 e. The van der Waals surface area contributed by atoms with E-state index < -0.39 is 23.6 Å². The highest BCUT2D eigenvalue weighted by Crippen LogP contribution is 2.27. The van der Waals surface area contributed by atoms with Crippen LogP contribution in [0.15, 0.2) is 41.3 Å². The summed E-state index contributed by atoms with van der Waals surface area (Å²) in [6, 6.07) is 9.15. The van der Waals surface area contributed by atoms with Gasteiger partial charge in [0.25, 0.3) is 5.91 Å². The maximum atomic E-state index is 14.3. The number of benzene rings is 2. The zero-order valence-electron chi connectivity index (χ0n) is 18.8. The summed E-state index contributed by atoms with van der Waals surface area (Å²) in [5.41, 5.74) is 1.35. The van der Waals surface area contributed by atoms with Gasteiger partial charge in [0.2, 0.25) is 0 Å². The van der Waals surface area contributed by atoms with E-state index in [-0.39, 0.29) is 41.1 Å². The van der Waals surface area contributed by atoms with Gasteiger partial charge in [0, 0.05) is 17.3 Å². The fraction of sp³-hybridized carbons (Fsp3) is 0.333. The predicted octanol–water partition coefficient (Wildman–Crippen LogP) is 4.27. The van der Waals surface area contributed by atoms with Gasteiger partial charge in [0.15, 0.2) is 11.6 Å². The minimum atomic E-state index is -0.997. The van der Waals surface area contributed by atoms with Gasteiger partial charge in [-0.2, -0.15) is 0 Å². The third-order valence-electron chi connectivity index (χ3n) is 5.14. The van der Waals surface area contributed by atoms with Crippen molar-refractivity contribution in [2.45, 2.75) is 37.8 Å². The van der Waals surface area contributed by atoms with Crippen molar-refractivity contribution in [1.29, 1.82) is 0 Å². The molecule has 1 atom stereocenters. The Morgan fingerprint density at radius 1 is 1.15 bits per heavy atom. The summed E-state index contributed by atoms with van der Waals surface area (Å²) in [5, 5.41) is 12.6. The molecule has 9 heteroatoms. The van der Waals surface area contributed by atoms with Crippen LogP contribution in [0.3, 0.4) is 0 Å².